The van der Waals surface area contributed by atoms with Gasteiger partial charge >= 0.3 is 0 Å². The molecule has 2 aromatic rings. The Morgan fingerprint density at radius 2 is 2.14 bits per heavy atom. The van der Waals surface area contributed by atoms with E-state index in [1.165, 1.54) is 16.7 Å². The number of benzene rings is 1. The minimum Gasteiger partial charge on any atom is -0.375 e. The number of nitrogens with two attached hydrogens (primary N) is 1. The van der Waals surface area contributed by atoms with E-state index in [0.29, 0.717) is 10.5 Å². The fourth-order valence-corrected chi connectivity index (χ4v) is 3.68. The minimum atomic E-state index is 0.311. The summed E-state index contributed by atoms with van der Waals surface area (Å²) in [6.07, 6.45) is 3.59. The lowest BCUT2D eigenvalue weighted by Gasteiger charge is -2.32. The molecule has 0 amide bonds. The Morgan fingerprint density at radius 1 is 1.33 bits per heavy atom. The lowest BCUT2D eigenvalue weighted by molar-refractivity contribution is 0.271. The maximum Gasteiger partial charge on any atom is 0.181 e. The highest BCUT2D eigenvalue weighted by Crippen LogP contribution is 2.31. The van der Waals surface area contributed by atoms with Gasteiger partial charge in [-0.1, -0.05) is 49.8 Å². The third-order valence-corrected chi connectivity index (χ3v) is 4.98. The summed E-state index contributed by atoms with van der Waals surface area (Å²) in [5.41, 5.74) is 10.0. The van der Waals surface area contributed by atoms with Crippen molar-refractivity contribution in [1.82, 2.24) is 9.88 Å². The third-order valence-electron chi connectivity index (χ3n) is 4.13. The van der Waals surface area contributed by atoms with Crippen LogP contribution in [0.4, 0.5) is 5.13 Å². The Kier molecular flexibility index (Phi) is 3.76. The summed E-state index contributed by atoms with van der Waals surface area (Å²) in [5, 5.41) is 0.651. The Morgan fingerprint density at radius 3 is 2.81 bits per heavy atom. The summed E-state index contributed by atoms with van der Waals surface area (Å²) in [4.78, 5) is 6.81. The summed E-state index contributed by atoms with van der Waals surface area (Å²) in [5.74, 6) is 0. The van der Waals surface area contributed by atoms with Gasteiger partial charge in [-0.2, -0.15) is 0 Å². The second-order valence-corrected chi connectivity index (χ2v) is 7.88. The van der Waals surface area contributed by atoms with Gasteiger partial charge in [-0.15, -0.1) is 0 Å². The molecule has 1 aromatic carbocycles. The summed E-state index contributed by atoms with van der Waals surface area (Å²) in [7, 11) is 0. The number of anilines is 1. The predicted octanol–water partition coefficient (Wildman–Crippen LogP) is 4.06. The molecule has 4 heteroatoms. The highest BCUT2D eigenvalue weighted by Gasteiger charge is 2.21. The normalized spacial score (nSPS) is 17.2. The molecular weight excluding hydrogens is 278 g/mol. The first-order valence-electron chi connectivity index (χ1n) is 7.48. The predicted molar refractivity (Wildman–Crippen MR) is 91.5 cm³/mol. The first-order chi connectivity index (χ1) is 9.91. The third kappa shape index (κ3) is 3.27. The topological polar surface area (TPSA) is 42.2 Å². The van der Waals surface area contributed by atoms with Gasteiger partial charge in [-0.25, -0.2) is 4.98 Å². The standard InChI is InChI=1S/C17H23N3S/c1-17(2,3)13-6-8-20(9-7-13)11-12-4-5-14-15(10-12)21-16(18)19-14/h4-6,10H,7-9,11H2,1-3H3,(H2,18,19). The lowest BCUT2D eigenvalue weighted by atomic mass is 9.83. The molecule has 0 saturated heterocycles. The zero-order chi connectivity index (χ0) is 15.0. The van der Waals surface area contributed by atoms with E-state index in [0.717, 1.165) is 25.2 Å². The smallest absolute Gasteiger partial charge is 0.181 e. The first kappa shape index (κ1) is 14.5. The van der Waals surface area contributed by atoms with Crippen LogP contribution in [0.1, 0.15) is 32.8 Å². The van der Waals surface area contributed by atoms with E-state index >= 15 is 0 Å². The van der Waals surface area contributed by atoms with Crippen LogP contribution in [-0.4, -0.2) is 23.0 Å². The van der Waals surface area contributed by atoms with Gasteiger partial charge in [0, 0.05) is 19.6 Å². The quantitative estimate of drug-likeness (QED) is 0.851. The molecule has 0 radical (unpaired) electrons. The van der Waals surface area contributed by atoms with Gasteiger partial charge in [-0.05, 0) is 29.5 Å². The van der Waals surface area contributed by atoms with Crippen LogP contribution >= 0.6 is 11.3 Å². The minimum absolute atomic E-state index is 0.311. The molecule has 0 unspecified atom stereocenters. The highest BCUT2D eigenvalue weighted by molar-refractivity contribution is 7.22. The van der Waals surface area contributed by atoms with Gasteiger partial charge in [0.15, 0.2) is 5.13 Å². The molecule has 1 aliphatic heterocycles. The average molecular weight is 301 g/mol. The second-order valence-electron chi connectivity index (χ2n) is 6.82. The summed E-state index contributed by atoms with van der Waals surface area (Å²) in [6.45, 7) is 10.1. The number of hydrogen-bond acceptors (Lipinski definition) is 4. The summed E-state index contributed by atoms with van der Waals surface area (Å²) < 4.78 is 1.19. The molecule has 3 nitrogen and oxygen atoms in total. The van der Waals surface area contributed by atoms with Crippen molar-refractivity contribution in [2.45, 2.75) is 33.7 Å². The zero-order valence-electron chi connectivity index (χ0n) is 13.0. The molecule has 0 spiro atoms. The van der Waals surface area contributed by atoms with Crippen molar-refractivity contribution >= 4 is 26.7 Å². The van der Waals surface area contributed by atoms with Crippen LogP contribution in [0.25, 0.3) is 10.2 Å². The van der Waals surface area contributed by atoms with Gasteiger partial charge in [0.1, 0.15) is 0 Å². The molecule has 2 N–H and O–H groups in total. The zero-order valence-corrected chi connectivity index (χ0v) is 13.8. The van der Waals surface area contributed by atoms with E-state index < -0.39 is 0 Å². The van der Waals surface area contributed by atoms with Gasteiger partial charge in [-0.3, -0.25) is 4.90 Å². The fourth-order valence-electron chi connectivity index (χ4n) is 2.88. The van der Waals surface area contributed by atoms with Crippen LogP contribution in [0.3, 0.4) is 0 Å². The van der Waals surface area contributed by atoms with Crippen molar-refractivity contribution in [3.05, 3.63) is 35.4 Å². The molecule has 1 aliphatic rings. The molecule has 21 heavy (non-hydrogen) atoms. The first-order valence-corrected chi connectivity index (χ1v) is 8.30. The Balaban J connectivity index is 1.70. The molecule has 0 saturated carbocycles. The summed E-state index contributed by atoms with van der Waals surface area (Å²) >= 11 is 1.57. The SMILES string of the molecule is CC(C)(C)C1=CCN(Cc2ccc3nc(N)sc3c2)CC1. The fraction of sp³-hybridized carbons (Fsp3) is 0.471. The molecule has 1 aromatic heterocycles. The molecule has 0 atom stereocenters. The second kappa shape index (κ2) is 5.43. The van der Waals surface area contributed by atoms with E-state index in [1.807, 2.05) is 0 Å². The van der Waals surface area contributed by atoms with Crippen molar-refractivity contribution in [1.29, 1.82) is 0 Å². The molecule has 0 fully saturated rings. The molecule has 0 aliphatic carbocycles. The van der Waals surface area contributed by atoms with Crippen molar-refractivity contribution in [2.24, 2.45) is 5.41 Å². The van der Waals surface area contributed by atoms with Crippen LogP contribution in [0.2, 0.25) is 0 Å². The number of fused-ring (bicyclic) bond motifs is 1. The number of rotatable bonds is 2. The maximum absolute atomic E-state index is 5.77. The Bertz CT molecular complexity index is 679. The van der Waals surface area contributed by atoms with Gasteiger partial charge in [0.2, 0.25) is 0 Å². The molecule has 2 heterocycles. The van der Waals surface area contributed by atoms with E-state index in [1.54, 1.807) is 16.9 Å². The van der Waals surface area contributed by atoms with Crippen molar-refractivity contribution < 1.29 is 0 Å². The number of thiazole rings is 1. The van der Waals surface area contributed by atoms with E-state index in [4.69, 9.17) is 5.73 Å². The number of nitrogen functional groups attached to an aromatic ring is 1. The van der Waals surface area contributed by atoms with Crippen LogP contribution < -0.4 is 5.73 Å². The Hall–Kier alpha value is -1.39. The Labute approximate surface area is 130 Å². The molecule has 0 bridgehead atoms. The van der Waals surface area contributed by atoms with Crippen molar-refractivity contribution in [2.75, 3.05) is 18.8 Å². The molecule has 112 valence electrons. The number of hydrogen-bond donors (Lipinski definition) is 1. The van der Waals surface area contributed by atoms with Crippen LogP contribution in [0.5, 0.6) is 0 Å². The molecular formula is C17H23N3S. The molecule has 3 rings (SSSR count). The van der Waals surface area contributed by atoms with E-state index in [2.05, 4.69) is 54.9 Å². The van der Waals surface area contributed by atoms with Crippen molar-refractivity contribution in [3.8, 4) is 0 Å². The van der Waals surface area contributed by atoms with Crippen LogP contribution in [-0.2, 0) is 6.54 Å². The van der Waals surface area contributed by atoms with Gasteiger partial charge < -0.3 is 5.73 Å². The van der Waals surface area contributed by atoms with Crippen LogP contribution in [0.15, 0.2) is 29.8 Å². The van der Waals surface area contributed by atoms with Gasteiger partial charge in [0.05, 0.1) is 10.2 Å². The van der Waals surface area contributed by atoms with E-state index in [9.17, 15) is 0 Å². The summed E-state index contributed by atoms with van der Waals surface area (Å²) in [6, 6.07) is 6.48. The van der Waals surface area contributed by atoms with E-state index in [-0.39, 0.29) is 0 Å². The number of aromatic nitrogens is 1. The number of nitrogens with zero attached hydrogens (tertiary/aromatic N) is 2. The largest absolute Gasteiger partial charge is 0.375 e. The van der Waals surface area contributed by atoms with Gasteiger partial charge in [0.25, 0.3) is 0 Å². The highest BCUT2D eigenvalue weighted by atomic mass is 32.1. The maximum atomic E-state index is 5.77. The average Bonchev–Trinajstić information content (AvgIpc) is 2.78. The van der Waals surface area contributed by atoms with Crippen molar-refractivity contribution in [3.63, 3.8) is 0 Å². The van der Waals surface area contributed by atoms with Crippen LogP contribution in [0, 0.1) is 5.41 Å². The monoisotopic (exact) mass is 301 g/mol. The lowest BCUT2D eigenvalue weighted by Crippen LogP contribution is -2.30.